The van der Waals surface area contributed by atoms with Gasteiger partial charge in [-0.1, -0.05) is 25.5 Å². The minimum Gasteiger partial charge on any atom is -0.149 e. The van der Waals surface area contributed by atoms with Crippen LogP contribution in [0.15, 0.2) is 30.2 Å². The summed E-state index contributed by atoms with van der Waals surface area (Å²) in [4.78, 5) is 1.50. The van der Waals surface area contributed by atoms with Crippen LogP contribution in [-0.2, 0) is 6.42 Å². The fourth-order valence-electron chi connectivity index (χ4n) is 1.53. The molecule has 1 aromatic rings. The standard InChI is InChI=1S/C12H18S/c1-3-6-11(4-2)8-9-12-7-5-10-13-12/h4-5,7,10-11H,2-3,6,8-9H2,1H3. The molecule has 0 amide bonds. The van der Waals surface area contributed by atoms with Gasteiger partial charge in [0.25, 0.3) is 0 Å². The lowest BCUT2D eigenvalue weighted by molar-refractivity contribution is 0.540. The van der Waals surface area contributed by atoms with Gasteiger partial charge in [0.1, 0.15) is 0 Å². The Hall–Kier alpha value is -0.560. The number of rotatable bonds is 6. The minimum atomic E-state index is 0.715. The highest BCUT2D eigenvalue weighted by atomic mass is 32.1. The van der Waals surface area contributed by atoms with Crippen LogP contribution in [0.3, 0.4) is 0 Å². The second-order valence-corrected chi connectivity index (χ2v) is 4.43. The lowest BCUT2D eigenvalue weighted by atomic mass is 9.98. The highest BCUT2D eigenvalue weighted by molar-refractivity contribution is 7.09. The van der Waals surface area contributed by atoms with E-state index in [0.29, 0.717) is 5.92 Å². The van der Waals surface area contributed by atoms with E-state index in [2.05, 4.69) is 37.1 Å². The van der Waals surface area contributed by atoms with Crippen molar-refractivity contribution in [2.45, 2.75) is 32.6 Å². The fourth-order valence-corrected chi connectivity index (χ4v) is 2.26. The van der Waals surface area contributed by atoms with E-state index in [1.165, 1.54) is 30.6 Å². The number of hydrogen-bond donors (Lipinski definition) is 0. The lowest BCUT2D eigenvalue weighted by Crippen LogP contribution is -1.97. The minimum absolute atomic E-state index is 0.715. The molecule has 1 heterocycles. The van der Waals surface area contributed by atoms with Crippen molar-refractivity contribution < 1.29 is 0 Å². The molecule has 0 aliphatic heterocycles. The molecule has 0 nitrogen and oxygen atoms in total. The maximum absolute atomic E-state index is 3.88. The van der Waals surface area contributed by atoms with E-state index in [4.69, 9.17) is 0 Å². The zero-order valence-corrected chi connectivity index (χ0v) is 9.15. The van der Waals surface area contributed by atoms with E-state index in [1.54, 1.807) is 0 Å². The molecular formula is C12H18S. The third-order valence-corrected chi connectivity index (χ3v) is 3.27. The summed E-state index contributed by atoms with van der Waals surface area (Å²) < 4.78 is 0. The summed E-state index contributed by atoms with van der Waals surface area (Å²) in [6.07, 6.45) is 7.14. The number of allylic oxidation sites excluding steroid dienone is 1. The van der Waals surface area contributed by atoms with E-state index < -0.39 is 0 Å². The first-order chi connectivity index (χ1) is 6.36. The molecule has 0 N–H and O–H groups in total. The molecule has 0 aliphatic carbocycles. The van der Waals surface area contributed by atoms with Gasteiger partial charge in [0.2, 0.25) is 0 Å². The van der Waals surface area contributed by atoms with Gasteiger partial charge >= 0.3 is 0 Å². The van der Waals surface area contributed by atoms with Crippen LogP contribution in [0.2, 0.25) is 0 Å². The average molecular weight is 194 g/mol. The molecule has 0 saturated heterocycles. The van der Waals surface area contributed by atoms with Gasteiger partial charge in [-0.05, 0) is 36.6 Å². The van der Waals surface area contributed by atoms with Crippen LogP contribution in [0.4, 0.5) is 0 Å². The lowest BCUT2D eigenvalue weighted by Gasteiger charge is -2.09. The highest BCUT2D eigenvalue weighted by Crippen LogP contribution is 2.18. The van der Waals surface area contributed by atoms with Crippen molar-refractivity contribution in [3.05, 3.63) is 35.0 Å². The molecule has 0 aromatic carbocycles. The number of thiophene rings is 1. The van der Waals surface area contributed by atoms with Crippen molar-refractivity contribution in [3.63, 3.8) is 0 Å². The van der Waals surface area contributed by atoms with E-state index in [1.807, 2.05) is 11.3 Å². The van der Waals surface area contributed by atoms with Crippen molar-refractivity contribution in [2.75, 3.05) is 0 Å². The third kappa shape index (κ3) is 3.77. The maximum atomic E-state index is 3.88. The van der Waals surface area contributed by atoms with Gasteiger partial charge in [-0.25, -0.2) is 0 Å². The Morgan fingerprint density at radius 3 is 2.92 bits per heavy atom. The van der Waals surface area contributed by atoms with Crippen LogP contribution >= 0.6 is 11.3 Å². The first-order valence-corrected chi connectivity index (χ1v) is 5.89. The zero-order chi connectivity index (χ0) is 9.52. The average Bonchev–Trinajstić information content (AvgIpc) is 2.64. The summed E-state index contributed by atoms with van der Waals surface area (Å²) in [5, 5.41) is 2.15. The normalized spacial score (nSPS) is 12.7. The van der Waals surface area contributed by atoms with Crippen LogP contribution in [0, 0.1) is 5.92 Å². The van der Waals surface area contributed by atoms with E-state index >= 15 is 0 Å². The summed E-state index contributed by atoms with van der Waals surface area (Å²) in [6, 6.07) is 4.35. The van der Waals surface area contributed by atoms with E-state index in [9.17, 15) is 0 Å². The first-order valence-electron chi connectivity index (χ1n) is 5.01. The molecule has 0 bridgehead atoms. The predicted octanol–water partition coefficient (Wildman–Crippen LogP) is 4.28. The molecule has 1 unspecified atom stereocenters. The summed E-state index contributed by atoms with van der Waals surface area (Å²) in [5.41, 5.74) is 0. The van der Waals surface area contributed by atoms with E-state index in [0.717, 1.165) is 0 Å². The van der Waals surface area contributed by atoms with Gasteiger partial charge in [0.05, 0.1) is 0 Å². The SMILES string of the molecule is C=CC(CCC)CCc1cccs1. The van der Waals surface area contributed by atoms with Crippen LogP contribution in [0.1, 0.15) is 31.1 Å². The molecule has 13 heavy (non-hydrogen) atoms. The molecule has 0 aliphatic rings. The van der Waals surface area contributed by atoms with Crippen LogP contribution < -0.4 is 0 Å². The largest absolute Gasteiger partial charge is 0.149 e. The van der Waals surface area contributed by atoms with Gasteiger partial charge < -0.3 is 0 Å². The Morgan fingerprint density at radius 1 is 1.54 bits per heavy atom. The quantitative estimate of drug-likeness (QED) is 0.593. The molecule has 1 aromatic heterocycles. The fraction of sp³-hybridized carbons (Fsp3) is 0.500. The molecule has 72 valence electrons. The van der Waals surface area contributed by atoms with E-state index in [-0.39, 0.29) is 0 Å². The Labute approximate surface area is 85.3 Å². The van der Waals surface area contributed by atoms with Crippen molar-refractivity contribution in [1.29, 1.82) is 0 Å². The zero-order valence-electron chi connectivity index (χ0n) is 8.33. The van der Waals surface area contributed by atoms with Gasteiger partial charge in [0.15, 0.2) is 0 Å². The first kappa shape index (κ1) is 10.5. The predicted molar refractivity (Wildman–Crippen MR) is 61.2 cm³/mol. The summed E-state index contributed by atoms with van der Waals surface area (Å²) >= 11 is 1.86. The van der Waals surface area contributed by atoms with Gasteiger partial charge in [0, 0.05) is 4.88 Å². The van der Waals surface area contributed by atoms with Crippen molar-refractivity contribution in [3.8, 4) is 0 Å². The van der Waals surface area contributed by atoms with Crippen molar-refractivity contribution >= 4 is 11.3 Å². The molecular weight excluding hydrogens is 176 g/mol. The Kier molecular flexibility index (Phi) is 4.84. The number of aryl methyl sites for hydroxylation is 1. The van der Waals surface area contributed by atoms with Crippen molar-refractivity contribution in [1.82, 2.24) is 0 Å². The summed E-state index contributed by atoms with van der Waals surface area (Å²) in [6.45, 7) is 6.12. The van der Waals surface area contributed by atoms with Gasteiger partial charge in [-0.2, -0.15) is 0 Å². The second-order valence-electron chi connectivity index (χ2n) is 3.40. The Balaban J connectivity index is 2.27. The Morgan fingerprint density at radius 2 is 2.38 bits per heavy atom. The second kappa shape index (κ2) is 5.98. The summed E-state index contributed by atoms with van der Waals surface area (Å²) in [7, 11) is 0. The smallest absolute Gasteiger partial charge is 0.00454 e. The van der Waals surface area contributed by atoms with Crippen LogP contribution in [0.25, 0.3) is 0 Å². The summed E-state index contributed by atoms with van der Waals surface area (Å²) in [5.74, 6) is 0.715. The third-order valence-electron chi connectivity index (χ3n) is 2.33. The van der Waals surface area contributed by atoms with Gasteiger partial charge in [-0.15, -0.1) is 17.9 Å². The molecule has 1 atom stereocenters. The molecule has 0 spiro atoms. The topological polar surface area (TPSA) is 0 Å². The molecule has 0 radical (unpaired) electrons. The molecule has 0 saturated carbocycles. The van der Waals surface area contributed by atoms with Crippen molar-refractivity contribution in [2.24, 2.45) is 5.92 Å². The molecule has 1 rings (SSSR count). The highest BCUT2D eigenvalue weighted by Gasteiger charge is 2.03. The van der Waals surface area contributed by atoms with Crippen LogP contribution in [0.5, 0.6) is 0 Å². The Bertz CT molecular complexity index is 223. The molecule has 0 fully saturated rings. The maximum Gasteiger partial charge on any atom is 0.00454 e. The van der Waals surface area contributed by atoms with Crippen LogP contribution in [-0.4, -0.2) is 0 Å². The molecule has 1 heteroatoms. The number of hydrogen-bond acceptors (Lipinski definition) is 1. The monoisotopic (exact) mass is 194 g/mol. The van der Waals surface area contributed by atoms with Gasteiger partial charge in [-0.3, -0.25) is 0 Å².